The highest BCUT2D eigenvalue weighted by molar-refractivity contribution is 7.87. The van der Waals surface area contributed by atoms with E-state index in [1.165, 1.54) is 6.26 Å². The fourth-order valence-corrected chi connectivity index (χ4v) is 0.462. The Kier molecular flexibility index (Phi) is 3.10. The van der Waals surface area contributed by atoms with Gasteiger partial charge in [-0.3, -0.25) is 4.21 Å². The molecule has 0 aromatic rings. The molecular weight excluding hydrogens is 128 g/mol. The van der Waals surface area contributed by atoms with Gasteiger partial charge in [-0.2, -0.15) is 0 Å². The predicted octanol–water partition coefficient (Wildman–Crippen LogP) is -0.0368. The molecule has 0 bridgehead atoms. The number of hydrogen-bond acceptors (Lipinski definition) is 2. The summed E-state index contributed by atoms with van der Waals surface area (Å²) in [5.74, 6) is -1.07. The van der Waals surface area contributed by atoms with Crippen molar-refractivity contribution < 1.29 is 14.1 Å². The minimum atomic E-state index is -1.15. The predicted molar refractivity (Wildman–Crippen MR) is 30.8 cm³/mol. The number of carboxylic acids is 1. The normalized spacial score (nSPS) is 14.1. The molecule has 46 valence electrons. The van der Waals surface area contributed by atoms with Crippen LogP contribution in [-0.2, 0) is 15.6 Å². The summed E-state index contributed by atoms with van der Waals surface area (Å²) in [5.41, 5.74) is 0. The third-order valence-electron chi connectivity index (χ3n) is 0.402. The molecule has 0 unspecified atom stereocenters. The van der Waals surface area contributed by atoms with Crippen LogP contribution in [0, 0.1) is 0 Å². The Bertz CT molecular complexity index is 122. The highest BCUT2D eigenvalue weighted by atomic mass is 32.2. The fourth-order valence-electron chi connectivity index (χ4n) is 0.154. The molecule has 0 rings (SSSR count). The van der Waals surface area contributed by atoms with E-state index in [0.29, 0.717) is 0 Å². The summed E-state index contributed by atoms with van der Waals surface area (Å²) in [6.07, 6.45) is 2.26. The van der Waals surface area contributed by atoms with Gasteiger partial charge in [0.05, 0.1) is 0 Å². The largest absolute Gasteiger partial charge is 0.478 e. The van der Waals surface area contributed by atoms with E-state index in [1.54, 1.807) is 0 Å². The van der Waals surface area contributed by atoms with Gasteiger partial charge in [0.15, 0.2) is 0 Å². The van der Waals surface area contributed by atoms with Gasteiger partial charge >= 0.3 is 5.97 Å². The van der Waals surface area contributed by atoms with Gasteiger partial charge < -0.3 is 5.11 Å². The van der Waals surface area contributed by atoms with E-state index in [-0.39, 0.29) is 0 Å². The quantitative estimate of drug-likeness (QED) is 0.539. The summed E-state index contributed by atoms with van der Waals surface area (Å²) < 4.78 is 10.1. The lowest BCUT2D eigenvalue weighted by atomic mass is 10.7. The minimum Gasteiger partial charge on any atom is -0.478 e. The average molecular weight is 134 g/mol. The zero-order chi connectivity index (χ0) is 6.57. The summed E-state index contributed by atoms with van der Waals surface area (Å²) in [6, 6.07) is 0. The molecule has 1 atom stereocenters. The number of hydrogen-bond donors (Lipinski definition) is 1. The summed E-state index contributed by atoms with van der Waals surface area (Å²) >= 11 is 0. The zero-order valence-corrected chi connectivity index (χ0v) is 5.14. The molecule has 0 radical (unpaired) electrons. The van der Waals surface area contributed by atoms with E-state index in [4.69, 9.17) is 5.11 Å². The minimum absolute atomic E-state index is 0.857. The van der Waals surface area contributed by atoms with Crippen molar-refractivity contribution in [1.82, 2.24) is 0 Å². The maximum Gasteiger partial charge on any atom is 0.328 e. The molecule has 0 aliphatic rings. The van der Waals surface area contributed by atoms with Crippen LogP contribution in [0.15, 0.2) is 11.5 Å². The Morgan fingerprint density at radius 3 is 2.38 bits per heavy atom. The first-order valence-electron chi connectivity index (χ1n) is 1.86. The number of carboxylic acid groups (broad SMARTS) is 1. The highest BCUT2D eigenvalue weighted by Gasteiger charge is 1.84. The number of aliphatic carboxylic acids is 1. The van der Waals surface area contributed by atoms with Crippen LogP contribution in [0.3, 0.4) is 0 Å². The van der Waals surface area contributed by atoms with Gasteiger partial charge in [-0.25, -0.2) is 4.79 Å². The first-order valence-corrected chi connectivity index (χ1v) is 3.48. The molecule has 4 heteroatoms. The molecular formula is C4H6O3S. The summed E-state index contributed by atoms with van der Waals surface area (Å²) in [4.78, 5) is 9.68. The van der Waals surface area contributed by atoms with E-state index in [1.807, 2.05) is 0 Å². The van der Waals surface area contributed by atoms with Gasteiger partial charge in [-0.15, -0.1) is 0 Å². The SMILES string of the molecule is C[S@](=O)/C=C/C(=O)O. The highest BCUT2D eigenvalue weighted by Crippen LogP contribution is 1.76. The first kappa shape index (κ1) is 7.36. The van der Waals surface area contributed by atoms with Crippen LogP contribution in [-0.4, -0.2) is 21.5 Å². The first-order chi connectivity index (χ1) is 3.63. The molecule has 0 aliphatic carbocycles. The van der Waals surface area contributed by atoms with E-state index >= 15 is 0 Å². The van der Waals surface area contributed by atoms with Crippen LogP contribution in [0.5, 0.6) is 0 Å². The smallest absolute Gasteiger partial charge is 0.328 e. The molecule has 0 aromatic carbocycles. The van der Waals surface area contributed by atoms with Gasteiger partial charge in [0, 0.05) is 28.5 Å². The fraction of sp³-hybridized carbons (Fsp3) is 0.250. The second-order valence-electron chi connectivity index (χ2n) is 1.14. The lowest BCUT2D eigenvalue weighted by molar-refractivity contribution is -0.131. The van der Waals surface area contributed by atoms with Crippen LogP contribution in [0.4, 0.5) is 0 Å². The Morgan fingerprint density at radius 1 is 1.75 bits per heavy atom. The van der Waals surface area contributed by atoms with E-state index in [9.17, 15) is 9.00 Å². The van der Waals surface area contributed by atoms with Gasteiger partial charge in [-0.1, -0.05) is 0 Å². The van der Waals surface area contributed by atoms with Crippen LogP contribution < -0.4 is 0 Å². The standard InChI is InChI=1S/C4H6O3S/c1-8(7)3-2-4(5)6/h2-3H,1H3,(H,5,6)/b3-2+/t8-/m0/s1. The molecule has 0 spiro atoms. The average Bonchev–Trinajstić information content (AvgIpc) is 1.61. The molecule has 0 saturated heterocycles. The lowest BCUT2D eigenvalue weighted by Gasteiger charge is -1.76. The van der Waals surface area contributed by atoms with Gasteiger partial charge in [0.1, 0.15) is 0 Å². The summed E-state index contributed by atoms with van der Waals surface area (Å²) in [6.45, 7) is 0. The van der Waals surface area contributed by atoms with E-state index < -0.39 is 16.8 Å². The number of carbonyl (C=O) groups is 1. The Hall–Kier alpha value is -0.640. The molecule has 8 heavy (non-hydrogen) atoms. The van der Waals surface area contributed by atoms with Gasteiger partial charge in [-0.05, 0) is 0 Å². The molecule has 0 aromatic heterocycles. The van der Waals surface area contributed by atoms with Gasteiger partial charge in [0.2, 0.25) is 0 Å². The van der Waals surface area contributed by atoms with Crippen molar-refractivity contribution in [2.24, 2.45) is 0 Å². The van der Waals surface area contributed by atoms with Crippen molar-refractivity contribution in [3.8, 4) is 0 Å². The summed E-state index contributed by atoms with van der Waals surface area (Å²) in [5, 5.41) is 9.05. The number of rotatable bonds is 2. The van der Waals surface area contributed by atoms with Crippen molar-refractivity contribution in [3.63, 3.8) is 0 Å². The molecule has 0 amide bonds. The van der Waals surface area contributed by atoms with Gasteiger partial charge in [0.25, 0.3) is 0 Å². The van der Waals surface area contributed by atoms with Crippen LogP contribution in [0.2, 0.25) is 0 Å². The van der Waals surface area contributed by atoms with Crippen molar-refractivity contribution in [2.75, 3.05) is 6.26 Å². The zero-order valence-electron chi connectivity index (χ0n) is 4.33. The Morgan fingerprint density at radius 2 is 2.25 bits per heavy atom. The molecule has 0 saturated carbocycles. The van der Waals surface area contributed by atoms with Crippen molar-refractivity contribution in [2.45, 2.75) is 0 Å². The molecule has 0 aliphatic heterocycles. The third-order valence-corrected chi connectivity index (χ3v) is 0.922. The maximum atomic E-state index is 10.1. The monoisotopic (exact) mass is 134 g/mol. The second-order valence-corrected chi connectivity index (χ2v) is 2.41. The summed E-state index contributed by atoms with van der Waals surface area (Å²) in [7, 11) is -1.15. The van der Waals surface area contributed by atoms with Crippen LogP contribution in [0.1, 0.15) is 0 Å². The maximum absolute atomic E-state index is 10.1. The second kappa shape index (κ2) is 3.37. The Labute approximate surface area is 49.5 Å². The molecule has 0 heterocycles. The van der Waals surface area contributed by atoms with E-state index in [0.717, 1.165) is 11.5 Å². The molecule has 1 N–H and O–H groups in total. The van der Waals surface area contributed by atoms with E-state index in [2.05, 4.69) is 0 Å². The van der Waals surface area contributed by atoms with Crippen LogP contribution >= 0.6 is 0 Å². The molecule has 3 nitrogen and oxygen atoms in total. The third kappa shape index (κ3) is 5.36. The van der Waals surface area contributed by atoms with Crippen molar-refractivity contribution in [3.05, 3.63) is 11.5 Å². The Balaban J connectivity index is 3.67. The van der Waals surface area contributed by atoms with Crippen LogP contribution in [0.25, 0.3) is 0 Å². The van der Waals surface area contributed by atoms with Crippen molar-refractivity contribution >= 4 is 16.8 Å². The molecule has 0 fully saturated rings. The van der Waals surface area contributed by atoms with Crippen molar-refractivity contribution in [1.29, 1.82) is 0 Å². The topological polar surface area (TPSA) is 54.4 Å². The lowest BCUT2D eigenvalue weighted by Crippen LogP contribution is -1.87.